The van der Waals surface area contributed by atoms with Gasteiger partial charge in [-0.1, -0.05) is 27.7 Å². The highest BCUT2D eigenvalue weighted by Crippen LogP contribution is 2.20. The SMILES string of the molecule is CCCN(CCC)CC1CCC(CNCC(C)C)O1. The van der Waals surface area contributed by atoms with Crippen LogP contribution in [-0.2, 0) is 4.74 Å². The van der Waals surface area contributed by atoms with Crippen molar-refractivity contribution in [1.29, 1.82) is 0 Å². The Morgan fingerprint density at radius 1 is 1.11 bits per heavy atom. The summed E-state index contributed by atoms with van der Waals surface area (Å²) in [6.07, 6.45) is 5.84. The van der Waals surface area contributed by atoms with Crippen LogP contribution in [0.5, 0.6) is 0 Å². The lowest BCUT2D eigenvalue weighted by Crippen LogP contribution is -2.35. The van der Waals surface area contributed by atoms with E-state index < -0.39 is 0 Å². The fourth-order valence-electron chi connectivity index (χ4n) is 2.81. The molecular formula is C16H34N2O. The Morgan fingerprint density at radius 2 is 1.74 bits per heavy atom. The summed E-state index contributed by atoms with van der Waals surface area (Å²) in [5.41, 5.74) is 0. The first-order chi connectivity index (χ1) is 9.15. The van der Waals surface area contributed by atoms with Crippen molar-refractivity contribution in [3.05, 3.63) is 0 Å². The Hall–Kier alpha value is -0.120. The Kier molecular flexibility index (Phi) is 8.67. The highest BCUT2D eigenvalue weighted by Gasteiger charge is 2.26. The first-order valence-electron chi connectivity index (χ1n) is 8.24. The third kappa shape index (κ3) is 7.28. The number of hydrogen-bond acceptors (Lipinski definition) is 3. The normalized spacial score (nSPS) is 23.7. The number of ether oxygens (including phenoxy) is 1. The van der Waals surface area contributed by atoms with Crippen molar-refractivity contribution in [2.45, 2.75) is 65.6 Å². The molecule has 0 aliphatic carbocycles. The lowest BCUT2D eigenvalue weighted by Gasteiger charge is -2.24. The minimum Gasteiger partial charge on any atom is -0.372 e. The van der Waals surface area contributed by atoms with Crippen LogP contribution < -0.4 is 5.32 Å². The van der Waals surface area contributed by atoms with Gasteiger partial charge >= 0.3 is 0 Å². The molecule has 19 heavy (non-hydrogen) atoms. The zero-order chi connectivity index (χ0) is 14.1. The molecule has 0 aromatic carbocycles. The van der Waals surface area contributed by atoms with E-state index in [0.717, 1.165) is 25.6 Å². The van der Waals surface area contributed by atoms with Gasteiger partial charge in [-0.2, -0.15) is 0 Å². The van der Waals surface area contributed by atoms with Crippen molar-refractivity contribution in [3.8, 4) is 0 Å². The van der Waals surface area contributed by atoms with E-state index in [1.165, 1.54) is 38.8 Å². The molecule has 1 aliphatic rings. The quantitative estimate of drug-likeness (QED) is 0.660. The summed E-state index contributed by atoms with van der Waals surface area (Å²) in [4.78, 5) is 2.56. The van der Waals surface area contributed by atoms with Gasteiger partial charge in [-0.3, -0.25) is 0 Å². The zero-order valence-corrected chi connectivity index (χ0v) is 13.5. The highest BCUT2D eigenvalue weighted by atomic mass is 16.5. The van der Waals surface area contributed by atoms with Crippen LogP contribution in [0.15, 0.2) is 0 Å². The lowest BCUT2D eigenvalue weighted by atomic mass is 10.1. The number of hydrogen-bond donors (Lipinski definition) is 1. The van der Waals surface area contributed by atoms with Crippen LogP contribution in [0.4, 0.5) is 0 Å². The molecule has 1 saturated heterocycles. The van der Waals surface area contributed by atoms with Gasteiger partial charge in [0.15, 0.2) is 0 Å². The lowest BCUT2D eigenvalue weighted by molar-refractivity contribution is 0.0231. The summed E-state index contributed by atoms with van der Waals surface area (Å²) in [6, 6.07) is 0. The van der Waals surface area contributed by atoms with Gasteiger partial charge in [-0.25, -0.2) is 0 Å². The molecule has 3 nitrogen and oxygen atoms in total. The molecule has 0 aromatic rings. The van der Waals surface area contributed by atoms with Crippen molar-refractivity contribution in [2.24, 2.45) is 5.92 Å². The highest BCUT2D eigenvalue weighted by molar-refractivity contribution is 4.78. The molecular weight excluding hydrogens is 236 g/mol. The van der Waals surface area contributed by atoms with Gasteiger partial charge in [0, 0.05) is 13.1 Å². The predicted octanol–water partition coefficient (Wildman–Crippen LogP) is 2.90. The maximum Gasteiger partial charge on any atom is 0.0707 e. The minimum atomic E-state index is 0.439. The van der Waals surface area contributed by atoms with Gasteiger partial charge in [0.2, 0.25) is 0 Å². The molecule has 0 saturated carbocycles. The number of nitrogens with one attached hydrogen (secondary N) is 1. The second-order valence-corrected chi connectivity index (χ2v) is 6.31. The van der Waals surface area contributed by atoms with E-state index >= 15 is 0 Å². The topological polar surface area (TPSA) is 24.5 Å². The molecule has 1 rings (SSSR count). The molecule has 2 atom stereocenters. The summed E-state index contributed by atoms with van der Waals surface area (Å²) >= 11 is 0. The Bertz CT molecular complexity index is 215. The second kappa shape index (κ2) is 9.73. The fraction of sp³-hybridized carbons (Fsp3) is 1.00. The molecule has 0 amide bonds. The fourth-order valence-corrected chi connectivity index (χ4v) is 2.81. The van der Waals surface area contributed by atoms with Crippen LogP contribution in [0.25, 0.3) is 0 Å². The van der Waals surface area contributed by atoms with Crippen molar-refractivity contribution >= 4 is 0 Å². The summed E-state index contributed by atoms with van der Waals surface area (Å²) in [6.45, 7) is 14.7. The third-order valence-corrected chi connectivity index (χ3v) is 3.66. The number of rotatable bonds is 10. The van der Waals surface area contributed by atoms with Crippen LogP contribution in [0.2, 0.25) is 0 Å². The monoisotopic (exact) mass is 270 g/mol. The zero-order valence-electron chi connectivity index (χ0n) is 13.5. The average Bonchev–Trinajstić information content (AvgIpc) is 2.77. The molecule has 1 aliphatic heterocycles. The van der Waals surface area contributed by atoms with E-state index in [2.05, 4.69) is 37.9 Å². The van der Waals surface area contributed by atoms with Crippen molar-refractivity contribution in [1.82, 2.24) is 10.2 Å². The van der Waals surface area contributed by atoms with Gasteiger partial charge < -0.3 is 15.0 Å². The smallest absolute Gasteiger partial charge is 0.0707 e. The van der Waals surface area contributed by atoms with Gasteiger partial charge in [0.25, 0.3) is 0 Å². The first-order valence-corrected chi connectivity index (χ1v) is 8.24. The average molecular weight is 270 g/mol. The third-order valence-electron chi connectivity index (χ3n) is 3.66. The Balaban J connectivity index is 2.19. The van der Waals surface area contributed by atoms with Crippen LogP contribution in [-0.4, -0.2) is 49.8 Å². The van der Waals surface area contributed by atoms with Crippen LogP contribution in [0.1, 0.15) is 53.4 Å². The number of nitrogens with zero attached hydrogens (tertiary/aromatic N) is 1. The minimum absolute atomic E-state index is 0.439. The molecule has 0 spiro atoms. The Labute approximate surface area is 120 Å². The summed E-state index contributed by atoms with van der Waals surface area (Å²) in [7, 11) is 0. The molecule has 1 N–H and O–H groups in total. The van der Waals surface area contributed by atoms with E-state index in [4.69, 9.17) is 4.74 Å². The summed E-state index contributed by atoms with van der Waals surface area (Å²) in [5.74, 6) is 0.724. The van der Waals surface area contributed by atoms with E-state index in [1.807, 2.05) is 0 Å². The maximum atomic E-state index is 6.16. The van der Waals surface area contributed by atoms with Crippen LogP contribution in [0.3, 0.4) is 0 Å². The predicted molar refractivity (Wildman–Crippen MR) is 82.6 cm³/mol. The standard InChI is InChI=1S/C16H34N2O/c1-5-9-18(10-6-2)13-16-8-7-15(19-16)12-17-11-14(3)4/h14-17H,5-13H2,1-4H3. The van der Waals surface area contributed by atoms with Gasteiger partial charge in [-0.15, -0.1) is 0 Å². The molecule has 3 heteroatoms. The van der Waals surface area contributed by atoms with E-state index in [9.17, 15) is 0 Å². The molecule has 1 heterocycles. The molecule has 2 unspecified atom stereocenters. The van der Waals surface area contributed by atoms with Gasteiger partial charge in [-0.05, 0) is 51.2 Å². The Morgan fingerprint density at radius 3 is 2.32 bits per heavy atom. The van der Waals surface area contributed by atoms with Crippen molar-refractivity contribution < 1.29 is 4.74 Å². The van der Waals surface area contributed by atoms with Crippen molar-refractivity contribution in [3.63, 3.8) is 0 Å². The molecule has 1 fully saturated rings. The second-order valence-electron chi connectivity index (χ2n) is 6.31. The summed E-state index contributed by atoms with van der Waals surface area (Å²) < 4.78 is 6.16. The summed E-state index contributed by atoms with van der Waals surface area (Å²) in [5, 5.41) is 3.51. The van der Waals surface area contributed by atoms with E-state index in [1.54, 1.807) is 0 Å². The molecule has 0 aromatic heterocycles. The van der Waals surface area contributed by atoms with E-state index in [0.29, 0.717) is 12.2 Å². The largest absolute Gasteiger partial charge is 0.372 e. The van der Waals surface area contributed by atoms with Crippen LogP contribution in [0, 0.1) is 5.92 Å². The first kappa shape index (κ1) is 16.9. The van der Waals surface area contributed by atoms with Crippen LogP contribution >= 0.6 is 0 Å². The molecule has 0 radical (unpaired) electrons. The maximum absolute atomic E-state index is 6.16. The molecule has 0 bridgehead atoms. The van der Waals surface area contributed by atoms with Gasteiger partial charge in [0.05, 0.1) is 12.2 Å². The molecule has 114 valence electrons. The van der Waals surface area contributed by atoms with Gasteiger partial charge in [0.1, 0.15) is 0 Å². The van der Waals surface area contributed by atoms with Crippen molar-refractivity contribution in [2.75, 3.05) is 32.7 Å². The van der Waals surface area contributed by atoms with E-state index in [-0.39, 0.29) is 0 Å².